The predicted molar refractivity (Wildman–Crippen MR) is 152 cm³/mol. The third-order valence-corrected chi connectivity index (χ3v) is 10.7. The van der Waals surface area contributed by atoms with Crippen molar-refractivity contribution in [2.45, 2.75) is 29.2 Å². The molecule has 12 nitrogen and oxygen atoms in total. The van der Waals surface area contributed by atoms with Gasteiger partial charge < -0.3 is 9.47 Å². The van der Waals surface area contributed by atoms with E-state index in [1.807, 2.05) is 6.92 Å². The lowest BCUT2D eigenvalue weighted by Gasteiger charge is -2.11. The molecule has 0 aliphatic rings. The first-order valence-corrected chi connectivity index (χ1v) is 15.9. The molecule has 0 saturated heterocycles. The Morgan fingerprint density at radius 3 is 1.82 bits per heavy atom. The highest BCUT2D eigenvalue weighted by atomic mass is 35.5. The first kappa shape index (κ1) is 30.8. The van der Waals surface area contributed by atoms with Gasteiger partial charge in [0.2, 0.25) is 11.6 Å². The molecule has 2 N–H and O–H groups in total. The van der Waals surface area contributed by atoms with E-state index in [4.69, 9.17) is 32.7 Å². The minimum Gasteiger partial charge on any atom is -0.478 e. The van der Waals surface area contributed by atoms with E-state index in [2.05, 4.69) is 29.4 Å². The molecule has 0 spiro atoms. The molecular formula is C21H22Cl2N6O6S4. The number of nitrogens with one attached hydrogen (secondary N) is 2. The summed E-state index contributed by atoms with van der Waals surface area (Å²) in [6.45, 7) is 5.33. The molecule has 4 rings (SSSR count). The molecule has 0 fully saturated rings. The van der Waals surface area contributed by atoms with Crippen LogP contribution in [0, 0.1) is 20.8 Å². The van der Waals surface area contributed by atoms with Crippen LogP contribution < -0.4 is 18.9 Å². The SMILES string of the molecule is COc1nc(C)c(C)nc1NS(=O)(=O)c1ccc(Cl)s1.COc1nc(Cl)cnc1NS(=O)(=O)c1ccc(C)s1. The third kappa shape index (κ3) is 7.89. The number of hydrogen-bond donors (Lipinski definition) is 2. The van der Waals surface area contributed by atoms with Crippen LogP contribution in [0.5, 0.6) is 11.8 Å². The van der Waals surface area contributed by atoms with Gasteiger partial charge in [0.05, 0.1) is 36.1 Å². The lowest BCUT2D eigenvalue weighted by molar-refractivity contribution is 0.397. The highest BCUT2D eigenvalue weighted by Crippen LogP contribution is 2.30. The standard InChI is InChI=1S/C11H12ClN3O3S2.C10H10ClN3O3S2/c1-6-7(2)14-11(18-3)10(13-6)15-20(16,17)9-5-4-8(12)19-9;1-6-3-4-8(18-6)19(15,16)14-9-10(17-2)13-7(11)5-12-9/h4-5H,1-3H3,(H,13,15);3-5H,1-2H3,(H,12,14). The van der Waals surface area contributed by atoms with E-state index >= 15 is 0 Å². The van der Waals surface area contributed by atoms with Crippen molar-refractivity contribution in [1.29, 1.82) is 0 Å². The largest absolute Gasteiger partial charge is 0.478 e. The van der Waals surface area contributed by atoms with E-state index < -0.39 is 20.0 Å². The van der Waals surface area contributed by atoms with Crippen LogP contribution in [0.4, 0.5) is 11.6 Å². The van der Waals surface area contributed by atoms with E-state index in [0.29, 0.717) is 15.7 Å². The van der Waals surface area contributed by atoms with Crippen molar-refractivity contribution in [3.8, 4) is 11.8 Å². The molecule has 4 aromatic heterocycles. The molecule has 0 aliphatic carbocycles. The van der Waals surface area contributed by atoms with Gasteiger partial charge in [-0.05, 0) is 45.0 Å². The molecule has 0 unspecified atom stereocenters. The summed E-state index contributed by atoms with van der Waals surface area (Å²) < 4.78 is 64.0. The fraction of sp³-hybridized carbons (Fsp3) is 0.238. The first-order chi connectivity index (χ1) is 18.3. The number of aryl methyl sites for hydroxylation is 3. The predicted octanol–water partition coefficient (Wildman–Crippen LogP) is 4.93. The number of nitrogens with zero attached hydrogens (tertiary/aromatic N) is 4. The van der Waals surface area contributed by atoms with Gasteiger partial charge in [0, 0.05) is 4.88 Å². The summed E-state index contributed by atoms with van der Waals surface area (Å²) in [4.78, 5) is 16.9. The van der Waals surface area contributed by atoms with Crippen LogP contribution in [0.25, 0.3) is 0 Å². The maximum Gasteiger partial charge on any atom is 0.272 e. The van der Waals surface area contributed by atoms with Gasteiger partial charge in [0.25, 0.3) is 31.8 Å². The van der Waals surface area contributed by atoms with Gasteiger partial charge in [-0.3, -0.25) is 9.44 Å². The lowest BCUT2D eigenvalue weighted by atomic mass is 10.3. The number of thiophene rings is 2. The molecule has 210 valence electrons. The quantitative estimate of drug-likeness (QED) is 0.267. The second-order valence-corrected chi connectivity index (χ2v) is 14.6. The minimum absolute atomic E-state index is 0.00190. The monoisotopic (exact) mass is 652 g/mol. The van der Waals surface area contributed by atoms with Crippen LogP contribution in [-0.4, -0.2) is 51.0 Å². The van der Waals surface area contributed by atoms with E-state index in [1.54, 1.807) is 19.9 Å². The van der Waals surface area contributed by atoms with Gasteiger partial charge in [-0.25, -0.2) is 31.8 Å². The second-order valence-electron chi connectivity index (χ2n) is 7.44. The fourth-order valence-corrected chi connectivity index (χ4v) is 7.61. The van der Waals surface area contributed by atoms with E-state index in [1.165, 1.54) is 50.0 Å². The average molecular weight is 654 g/mol. The molecule has 4 aromatic rings. The van der Waals surface area contributed by atoms with Crippen molar-refractivity contribution >= 4 is 77.6 Å². The Labute approximate surface area is 243 Å². The van der Waals surface area contributed by atoms with Crippen molar-refractivity contribution in [1.82, 2.24) is 19.9 Å². The Bertz CT molecular complexity index is 1690. The Morgan fingerprint density at radius 2 is 1.28 bits per heavy atom. The number of aromatic nitrogens is 4. The average Bonchev–Trinajstić information content (AvgIpc) is 3.51. The van der Waals surface area contributed by atoms with E-state index in [-0.39, 0.29) is 37.0 Å². The number of hydrogen-bond acceptors (Lipinski definition) is 12. The smallest absolute Gasteiger partial charge is 0.272 e. The minimum atomic E-state index is -3.75. The Kier molecular flexibility index (Phi) is 9.95. The molecule has 0 aliphatic heterocycles. The summed E-state index contributed by atoms with van der Waals surface area (Å²) in [5.74, 6) is 0.196. The zero-order chi connectivity index (χ0) is 29.0. The fourth-order valence-electron chi connectivity index (χ4n) is 2.71. The molecule has 0 atom stereocenters. The molecular weight excluding hydrogens is 631 g/mol. The highest BCUT2D eigenvalue weighted by Gasteiger charge is 2.22. The summed E-state index contributed by atoms with van der Waals surface area (Å²) in [7, 11) is -4.69. The molecule has 4 heterocycles. The third-order valence-electron chi connectivity index (χ3n) is 4.63. The van der Waals surface area contributed by atoms with E-state index in [9.17, 15) is 16.8 Å². The van der Waals surface area contributed by atoms with Crippen LogP contribution in [0.1, 0.15) is 16.3 Å². The molecule has 0 radical (unpaired) electrons. The second kappa shape index (κ2) is 12.6. The van der Waals surface area contributed by atoms with Gasteiger partial charge in [-0.1, -0.05) is 23.2 Å². The topological polar surface area (TPSA) is 162 Å². The first-order valence-electron chi connectivity index (χ1n) is 10.6. The number of ether oxygens (including phenoxy) is 2. The molecule has 39 heavy (non-hydrogen) atoms. The molecule has 0 saturated carbocycles. The van der Waals surface area contributed by atoms with Crippen molar-refractivity contribution < 1.29 is 26.3 Å². The van der Waals surface area contributed by atoms with Crippen molar-refractivity contribution in [2.24, 2.45) is 0 Å². The summed E-state index contributed by atoms with van der Waals surface area (Å²) >= 11 is 13.5. The Morgan fingerprint density at radius 1 is 0.744 bits per heavy atom. The molecule has 0 amide bonds. The van der Waals surface area contributed by atoms with Gasteiger partial charge in [0.1, 0.15) is 8.42 Å². The summed E-state index contributed by atoms with van der Waals surface area (Å²) in [5, 5.41) is 0.117. The van der Waals surface area contributed by atoms with Crippen LogP contribution in [-0.2, 0) is 20.0 Å². The van der Waals surface area contributed by atoms with Gasteiger partial charge >= 0.3 is 0 Å². The number of halogens is 2. The Hall–Kier alpha value is -2.76. The zero-order valence-electron chi connectivity index (χ0n) is 21.0. The summed E-state index contributed by atoms with van der Waals surface area (Å²) in [6.07, 6.45) is 1.24. The molecule has 0 aromatic carbocycles. The van der Waals surface area contributed by atoms with E-state index in [0.717, 1.165) is 16.2 Å². The maximum absolute atomic E-state index is 12.2. The van der Waals surface area contributed by atoms with Crippen LogP contribution >= 0.6 is 45.9 Å². The van der Waals surface area contributed by atoms with Crippen molar-refractivity contribution in [3.05, 3.63) is 56.2 Å². The number of sulfonamides is 2. The molecule has 18 heteroatoms. The van der Waals surface area contributed by atoms with Gasteiger partial charge in [0.15, 0.2) is 5.15 Å². The number of methoxy groups -OCH3 is 2. The Balaban J connectivity index is 0.000000216. The van der Waals surface area contributed by atoms with Crippen molar-refractivity contribution in [2.75, 3.05) is 23.7 Å². The van der Waals surface area contributed by atoms with Gasteiger partial charge in [-0.2, -0.15) is 4.98 Å². The normalized spacial score (nSPS) is 11.4. The van der Waals surface area contributed by atoms with Crippen LogP contribution in [0.15, 0.2) is 38.9 Å². The summed E-state index contributed by atoms with van der Waals surface area (Å²) in [6, 6.07) is 6.20. The molecule has 0 bridgehead atoms. The highest BCUT2D eigenvalue weighted by molar-refractivity contribution is 7.95. The number of anilines is 2. The number of rotatable bonds is 8. The zero-order valence-corrected chi connectivity index (χ0v) is 25.8. The van der Waals surface area contributed by atoms with Crippen LogP contribution in [0.2, 0.25) is 9.49 Å². The lowest BCUT2D eigenvalue weighted by Crippen LogP contribution is -2.15. The maximum atomic E-state index is 12.2. The van der Waals surface area contributed by atoms with Gasteiger partial charge in [-0.15, -0.1) is 22.7 Å². The van der Waals surface area contributed by atoms with Crippen LogP contribution in [0.3, 0.4) is 0 Å². The van der Waals surface area contributed by atoms with Crippen molar-refractivity contribution in [3.63, 3.8) is 0 Å². The summed E-state index contributed by atoms with van der Waals surface area (Å²) in [5.41, 5.74) is 1.29.